The van der Waals surface area contributed by atoms with Gasteiger partial charge in [0.1, 0.15) is 0 Å². The second kappa shape index (κ2) is 9.60. The fraction of sp³-hybridized carbons (Fsp3) is 1.00. The van der Waals surface area contributed by atoms with Gasteiger partial charge in [-0.2, -0.15) is 0 Å². The molecule has 0 aliphatic rings. The molecule has 0 aliphatic carbocycles. The van der Waals surface area contributed by atoms with Crippen LogP contribution in [0.15, 0.2) is 0 Å². The molecule has 0 rings (SSSR count). The van der Waals surface area contributed by atoms with Gasteiger partial charge in [-0.3, -0.25) is 0 Å². The van der Waals surface area contributed by atoms with Gasteiger partial charge >= 0.3 is 35.9 Å². The van der Waals surface area contributed by atoms with Crippen LogP contribution in [0.3, 0.4) is 0 Å². The van der Waals surface area contributed by atoms with Crippen LogP contribution in [-0.4, -0.2) is 77.5 Å². The molecule has 0 spiro atoms. The lowest BCUT2D eigenvalue weighted by atomic mass is 11.8. The highest BCUT2D eigenvalue weighted by molar-refractivity contribution is 6.81. The molecule has 9 nitrogen and oxygen atoms in total. The van der Waals surface area contributed by atoms with Gasteiger partial charge in [0.15, 0.2) is 8.32 Å². The van der Waals surface area contributed by atoms with Gasteiger partial charge in [0.25, 0.3) is 0 Å². The van der Waals surface area contributed by atoms with Gasteiger partial charge in [0, 0.05) is 35.0 Å². The van der Waals surface area contributed by atoms with E-state index in [9.17, 15) is 4.80 Å². The minimum atomic E-state index is -3.71. The van der Waals surface area contributed by atoms with Gasteiger partial charge in [-0.1, -0.05) is 0 Å². The molecule has 145 valence electrons. The highest BCUT2D eigenvalue weighted by Gasteiger charge is 2.53. The first-order valence-corrected chi connectivity index (χ1v) is 18.7. The highest BCUT2D eigenvalue weighted by atomic mass is 28.5. The Hall–Kier alpha value is 0.724. The molecule has 0 fully saturated rings. The van der Waals surface area contributed by atoms with Gasteiger partial charge in [0.2, 0.25) is 0 Å². The van der Waals surface area contributed by atoms with E-state index in [1.807, 2.05) is 32.7 Å². The van der Waals surface area contributed by atoms with Crippen LogP contribution in [0.2, 0.25) is 39.3 Å². The molecule has 1 unspecified atom stereocenters. The van der Waals surface area contributed by atoms with E-state index in [2.05, 4.69) is 0 Å². The monoisotopic (exact) mass is 435 g/mol. The van der Waals surface area contributed by atoms with Crippen LogP contribution in [0, 0.1) is 0 Å². The third kappa shape index (κ3) is 9.43. The summed E-state index contributed by atoms with van der Waals surface area (Å²) in [5.74, 6) is 0. The fourth-order valence-electron chi connectivity index (χ4n) is 1.34. The molecule has 0 aromatic carbocycles. The van der Waals surface area contributed by atoms with Crippen molar-refractivity contribution in [2.75, 3.05) is 28.4 Å². The second-order valence-corrected chi connectivity index (χ2v) is 21.6. The lowest BCUT2D eigenvalue weighted by Crippen LogP contribution is -2.60. The van der Waals surface area contributed by atoms with Crippen molar-refractivity contribution in [1.29, 1.82) is 0 Å². The van der Waals surface area contributed by atoms with Crippen molar-refractivity contribution in [2.45, 2.75) is 39.3 Å². The summed E-state index contributed by atoms with van der Waals surface area (Å²) < 4.78 is 44.1. The van der Waals surface area contributed by atoms with E-state index >= 15 is 0 Å². The van der Waals surface area contributed by atoms with Crippen LogP contribution in [0.25, 0.3) is 0 Å². The second-order valence-electron chi connectivity index (χ2n) is 6.38. The lowest BCUT2D eigenvalue weighted by molar-refractivity contribution is 0.0251. The van der Waals surface area contributed by atoms with Crippen LogP contribution >= 0.6 is 0 Å². The topological polar surface area (TPSA) is 94.1 Å². The molecule has 0 heterocycles. The summed E-state index contributed by atoms with van der Waals surface area (Å²) in [6.45, 7) is 11.2. The Morgan fingerprint density at radius 1 is 0.667 bits per heavy atom. The van der Waals surface area contributed by atoms with Crippen LogP contribution in [0.5, 0.6) is 0 Å². The summed E-state index contributed by atoms with van der Waals surface area (Å²) in [4.78, 5) is 10.6. The summed E-state index contributed by atoms with van der Waals surface area (Å²) >= 11 is 0. The van der Waals surface area contributed by atoms with Crippen molar-refractivity contribution < 1.29 is 39.0 Å². The average Bonchev–Trinajstić information content (AvgIpc) is 2.42. The Kier molecular flexibility index (Phi) is 9.89. The first-order valence-electron chi connectivity index (χ1n) is 7.31. The predicted octanol–water partition coefficient (Wildman–Crippen LogP) is 1.16. The van der Waals surface area contributed by atoms with Crippen LogP contribution < -0.4 is 0 Å². The molecule has 0 aromatic rings. The summed E-state index contributed by atoms with van der Waals surface area (Å²) in [5, 5.41) is 0. The van der Waals surface area contributed by atoms with Crippen molar-refractivity contribution in [2.24, 2.45) is 0 Å². The van der Waals surface area contributed by atoms with E-state index in [1.54, 1.807) is 7.11 Å². The van der Waals surface area contributed by atoms with E-state index in [0.29, 0.717) is 0 Å². The summed E-state index contributed by atoms with van der Waals surface area (Å²) in [6.07, 6.45) is 0. The lowest BCUT2D eigenvalue weighted by Gasteiger charge is -2.34. The molecule has 14 heteroatoms. The molecule has 0 bridgehead atoms. The SMILES string of the molecule is CO[Si](C)(C)O[Si](O[Si](C)(C)C)O[Si](C)(O)O[Si](OC)(OC)OC. The Morgan fingerprint density at radius 2 is 1.12 bits per heavy atom. The zero-order valence-corrected chi connectivity index (χ0v) is 21.2. The predicted molar refractivity (Wildman–Crippen MR) is 98.5 cm³/mol. The van der Waals surface area contributed by atoms with E-state index in [1.165, 1.54) is 27.9 Å². The zero-order valence-electron chi connectivity index (χ0n) is 16.2. The van der Waals surface area contributed by atoms with Crippen molar-refractivity contribution in [3.05, 3.63) is 0 Å². The number of hydrogen-bond donors (Lipinski definition) is 1. The maximum Gasteiger partial charge on any atom is 0.671 e. The fourth-order valence-corrected chi connectivity index (χ4v) is 12.0. The van der Waals surface area contributed by atoms with E-state index in [4.69, 9.17) is 34.2 Å². The minimum absolute atomic E-state index is 1.38. The number of hydrogen-bond acceptors (Lipinski definition) is 9. The third-order valence-electron chi connectivity index (χ3n) is 2.55. The Labute approximate surface area is 151 Å². The molecule has 0 amide bonds. The van der Waals surface area contributed by atoms with Crippen LogP contribution in [-0.2, 0) is 34.2 Å². The molecule has 0 aromatic heterocycles. The van der Waals surface area contributed by atoms with E-state index in [-0.39, 0.29) is 0 Å². The smallest absolute Gasteiger partial charge is 0.415 e. The molecule has 1 atom stereocenters. The molecule has 0 saturated carbocycles. The van der Waals surface area contributed by atoms with E-state index < -0.39 is 44.3 Å². The molecular weight excluding hydrogens is 405 g/mol. The molecular formula is C10H31O9Si5. The van der Waals surface area contributed by atoms with Crippen LogP contribution in [0.1, 0.15) is 0 Å². The van der Waals surface area contributed by atoms with Gasteiger partial charge in [-0.15, -0.1) is 0 Å². The summed E-state index contributed by atoms with van der Waals surface area (Å²) in [7, 11) is -8.15. The first-order chi connectivity index (χ1) is 10.7. The average molecular weight is 436 g/mol. The highest BCUT2D eigenvalue weighted by Crippen LogP contribution is 2.20. The van der Waals surface area contributed by atoms with Crippen molar-refractivity contribution in [3.63, 3.8) is 0 Å². The standard InChI is InChI=1S/C10H31O9Si5/c1-12-22(8,9)17-20(16-21(5,6)7)18-23(10,11)19-24(13-2,14-3)15-4/h11H,1-10H3. The maximum atomic E-state index is 10.6. The van der Waals surface area contributed by atoms with Crippen LogP contribution in [0.4, 0.5) is 0 Å². The Balaban J connectivity index is 5.22. The third-order valence-corrected chi connectivity index (χ3v) is 15.5. The molecule has 1 N–H and O–H groups in total. The van der Waals surface area contributed by atoms with Gasteiger partial charge in [-0.25, -0.2) is 0 Å². The van der Waals surface area contributed by atoms with Crippen molar-refractivity contribution in [1.82, 2.24) is 0 Å². The molecule has 1 radical (unpaired) electrons. The van der Waals surface area contributed by atoms with Gasteiger partial charge < -0.3 is 39.0 Å². The first kappa shape index (κ1) is 24.7. The molecule has 24 heavy (non-hydrogen) atoms. The Bertz CT molecular complexity index is 364. The van der Waals surface area contributed by atoms with Crippen molar-refractivity contribution >= 4 is 44.3 Å². The maximum absolute atomic E-state index is 10.6. The quantitative estimate of drug-likeness (QED) is 0.453. The van der Waals surface area contributed by atoms with E-state index in [0.717, 1.165) is 0 Å². The Morgan fingerprint density at radius 3 is 1.46 bits per heavy atom. The number of rotatable bonds is 12. The minimum Gasteiger partial charge on any atom is -0.415 e. The largest absolute Gasteiger partial charge is 0.671 e. The molecule has 0 aliphatic heterocycles. The summed E-state index contributed by atoms with van der Waals surface area (Å²) in [5.41, 5.74) is 0. The van der Waals surface area contributed by atoms with Crippen molar-refractivity contribution in [3.8, 4) is 0 Å². The summed E-state index contributed by atoms with van der Waals surface area (Å²) in [6, 6.07) is 0. The zero-order chi connectivity index (χ0) is 19.2. The molecule has 0 saturated heterocycles. The van der Waals surface area contributed by atoms with Gasteiger partial charge in [0.05, 0.1) is 0 Å². The van der Waals surface area contributed by atoms with Gasteiger partial charge in [-0.05, 0) is 32.7 Å². The normalized spacial score (nSPS) is 16.5.